The molecule has 1 heteroatoms. The van der Waals surface area contributed by atoms with Crippen molar-refractivity contribution in [3.8, 4) is 11.8 Å². The monoisotopic (exact) mass is 562 g/mol. The molecule has 0 aromatic heterocycles. The van der Waals surface area contributed by atoms with E-state index in [1.54, 1.807) is 0 Å². The minimum Gasteiger partial charge on any atom is -0.370 e. The maximum atomic E-state index is 3.53. The Morgan fingerprint density at radius 1 is 0.552 bits per heavy atom. The van der Waals surface area contributed by atoms with E-state index in [9.17, 15) is 0 Å². The van der Waals surface area contributed by atoms with E-state index in [4.69, 9.17) is 0 Å². The molecule has 0 saturated heterocycles. The average Bonchev–Trinajstić information content (AvgIpc) is 2.86. The van der Waals surface area contributed by atoms with Crippen molar-refractivity contribution in [3.63, 3.8) is 0 Å². The van der Waals surface area contributed by atoms with Crippen LogP contribution < -0.4 is 0 Å². The van der Waals surface area contributed by atoms with Crippen LogP contribution in [0.1, 0.15) is 52.7 Å². The van der Waals surface area contributed by atoms with Crippen molar-refractivity contribution in [3.05, 3.63) is 115 Å². The van der Waals surface area contributed by atoms with Gasteiger partial charge in [-0.2, -0.15) is 0 Å². The summed E-state index contributed by atoms with van der Waals surface area (Å²) in [5.74, 6) is 13.9. The maximum Gasteiger partial charge on any atom is 3.00 e. The Morgan fingerprint density at radius 3 is 0.966 bits per heavy atom. The first kappa shape index (κ1) is 27.6. The largest absolute Gasteiger partial charge is 3.00 e. The van der Waals surface area contributed by atoms with E-state index in [2.05, 4.69) is 60.3 Å². The first-order valence-electron chi connectivity index (χ1n) is 9.72. The Bertz CT molecular complexity index is 617. The maximum absolute atomic E-state index is 3.53. The SMILES string of the molecule is C(#Cc1ccccc1)c1ccccc1.C[C]1[C](C)[C](C)[C](C)[C]1C.[CH2-]C([CH2-])C.[Ir+3]. The molecule has 0 spiro atoms. The molecule has 1 aliphatic carbocycles. The van der Waals surface area contributed by atoms with E-state index in [1.165, 1.54) is 29.6 Å². The zero-order valence-corrected chi connectivity index (χ0v) is 21.0. The molecule has 0 nitrogen and oxygen atoms in total. The van der Waals surface area contributed by atoms with Gasteiger partial charge in [0, 0.05) is 11.1 Å². The number of rotatable bonds is 0. The van der Waals surface area contributed by atoms with E-state index in [1.807, 2.05) is 67.6 Å². The standard InChI is InChI=1S/C14H10.C10H15.C4H8.Ir/c1-3-7-13(8-4-1)11-12-14-9-5-2-6-10-14;1-6-7(2)9(4)10(5)8(6)3;1-4(2)3;/h1-10H;1-5H3;4H,1-2H2,3H3;/q;;-2;+3. The molecule has 0 atom stereocenters. The smallest absolute Gasteiger partial charge is 0.370 e. The Hall–Kier alpha value is -1.35. The van der Waals surface area contributed by atoms with Gasteiger partial charge in [0.15, 0.2) is 0 Å². The van der Waals surface area contributed by atoms with Gasteiger partial charge >= 0.3 is 20.1 Å². The van der Waals surface area contributed by atoms with E-state index >= 15 is 0 Å². The van der Waals surface area contributed by atoms with Crippen LogP contribution in [0.2, 0.25) is 0 Å². The molecule has 0 unspecified atom stereocenters. The molecule has 0 amide bonds. The van der Waals surface area contributed by atoms with Crippen LogP contribution >= 0.6 is 0 Å². The number of benzene rings is 2. The van der Waals surface area contributed by atoms with Crippen molar-refractivity contribution in [2.24, 2.45) is 5.92 Å². The molecule has 1 aliphatic rings. The second-order valence-corrected chi connectivity index (χ2v) is 7.21. The van der Waals surface area contributed by atoms with Gasteiger partial charge < -0.3 is 19.8 Å². The number of hydrogen-bond acceptors (Lipinski definition) is 0. The van der Waals surface area contributed by atoms with Gasteiger partial charge in [-0.05, 0) is 53.9 Å². The zero-order chi connectivity index (χ0) is 21.1. The van der Waals surface area contributed by atoms with E-state index < -0.39 is 0 Å². The third kappa shape index (κ3) is 10.3. The van der Waals surface area contributed by atoms with Crippen molar-refractivity contribution in [2.45, 2.75) is 41.5 Å². The minimum atomic E-state index is 0. The summed E-state index contributed by atoms with van der Waals surface area (Å²) in [4.78, 5) is 0. The first-order valence-corrected chi connectivity index (χ1v) is 9.72. The Balaban J connectivity index is 0.000000461. The van der Waals surface area contributed by atoms with Crippen molar-refractivity contribution in [1.82, 2.24) is 0 Å². The van der Waals surface area contributed by atoms with Crippen LogP contribution in [0, 0.1) is 61.2 Å². The molecule has 1 saturated carbocycles. The molecule has 153 valence electrons. The topological polar surface area (TPSA) is 0 Å². The van der Waals surface area contributed by atoms with Crippen LogP contribution in [0.15, 0.2) is 60.7 Å². The van der Waals surface area contributed by atoms with Crippen molar-refractivity contribution < 1.29 is 20.1 Å². The van der Waals surface area contributed by atoms with Crippen molar-refractivity contribution >= 4 is 0 Å². The fourth-order valence-electron chi connectivity index (χ4n) is 2.59. The van der Waals surface area contributed by atoms with E-state index in [0.717, 1.165) is 11.1 Å². The molecule has 29 heavy (non-hydrogen) atoms. The van der Waals surface area contributed by atoms with Gasteiger partial charge in [0.05, 0.1) is 0 Å². The summed E-state index contributed by atoms with van der Waals surface area (Å²) in [7, 11) is 0. The van der Waals surface area contributed by atoms with Gasteiger partial charge in [-0.1, -0.05) is 82.9 Å². The van der Waals surface area contributed by atoms with Gasteiger partial charge in [-0.3, -0.25) is 0 Å². The van der Waals surface area contributed by atoms with Gasteiger partial charge in [0.2, 0.25) is 0 Å². The van der Waals surface area contributed by atoms with Gasteiger partial charge in [0.25, 0.3) is 0 Å². The Labute approximate surface area is 194 Å². The summed E-state index contributed by atoms with van der Waals surface area (Å²) in [6, 6.07) is 20.0. The molecule has 1 fully saturated rings. The molecule has 0 N–H and O–H groups in total. The fourth-order valence-corrected chi connectivity index (χ4v) is 2.59. The molecule has 5 radical (unpaired) electrons. The van der Waals surface area contributed by atoms with Crippen LogP contribution in [0.5, 0.6) is 0 Å². The molecule has 0 bridgehead atoms. The summed E-state index contributed by atoms with van der Waals surface area (Å²) in [5, 5.41) is 0. The molecule has 2 aromatic carbocycles. The predicted molar refractivity (Wildman–Crippen MR) is 123 cm³/mol. The molecular formula is C28H33Ir+. The normalized spacial score (nSPS) is 15.3. The third-order valence-electron chi connectivity index (χ3n) is 4.71. The second-order valence-electron chi connectivity index (χ2n) is 7.21. The predicted octanol–water partition coefficient (Wildman–Crippen LogP) is 7.35. The summed E-state index contributed by atoms with van der Waals surface area (Å²) in [6.45, 7) is 20.0. The molecule has 0 aliphatic heterocycles. The van der Waals surface area contributed by atoms with Crippen LogP contribution in [0.4, 0.5) is 0 Å². The minimum absolute atomic E-state index is 0. The average molecular weight is 562 g/mol. The molecule has 2 aromatic rings. The fraction of sp³-hybridized carbons (Fsp3) is 0.250. The number of hydrogen-bond donors (Lipinski definition) is 0. The molecular weight excluding hydrogens is 529 g/mol. The van der Waals surface area contributed by atoms with Gasteiger partial charge in [-0.25, -0.2) is 0 Å². The van der Waals surface area contributed by atoms with E-state index in [-0.39, 0.29) is 20.1 Å². The van der Waals surface area contributed by atoms with Crippen LogP contribution in [0.3, 0.4) is 0 Å². The second kappa shape index (κ2) is 14.6. The van der Waals surface area contributed by atoms with Gasteiger partial charge in [-0.15, -0.1) is 6.92 Å². The van der Waals surface area contributed by atoms with Crippen molar-refractivity contribution in [1.29, 1.82) is 0 Å². The Morgan fingerprint density at radius 2 is 0.759 bits per heavy atom. The van der Waals surface area contributed by atoms with Crippen molar-refractivity contribution in [2.75, 3.05) is 0 Å². The first-order chi connectivity index (χ1) is 13.2. The zero-order valence-electron chi connectivity index (χ0n) is 18.6. The van der Waals surface area contributed by atoms with Gasteiger partial charge in [0.1, 0.15) is 0 Å². The Kier molecular flexibility index (Phi) is 13.9. The summed E-state index contributed by atoms with van der Waals surface area (Å²) in [5.41, 5.74) is 2.10. The molecule has 3 rings (SSSR count). The molecule has 0 heterocycles. The quantitative estimate of drug-likeness (QED) is 0.233. The summed E-state index contributed by atoms with van der Waals surface area (Å²) >= 11 is 0. The van der Waals surface area contributed by atoms with E-state index in [0.29, 0.717) is 5.92 Å². The summed E-state index contributed by atoms with van der Waals surface area (Å²) in [6.07, 6.45) is 0. The van der Waals surface area contributed by atoms with Crippen LogP contribution in [-0.2, 0) is 20.1 Å². The van der Waals surface area contributed by atoms with Crippen LogP contribution in [0.25, 0.3) is 0 Å². The third-order valence-corrected chi connectivity index (χ3v) is 4.71. The van der Waals surface area contributed by atoms with Crippen LogP contribution in [-0.4, -0.2) is 0 Å². The summed E-state index contributed by atoms with van der Waals surface area (Å²) < 4.78 is 0.